The van der Waals surface area contributed by atoms with E-state index in [-0.39, 0.29) is 0 Å². The van der Waals surface area contributed by atoms with Gasteiger partial charge in [0.1, 0.15) is 11.5 Å². The van der Waals surface area contributed by atoms with Crippen LogP contribution in [0.2, 0.25) is 0 Å². The zero-order chi connectivity index (χ0) is 13.0. The van der Waals surface area contributed by atoms with Crippen LogP contribution < -0.4 is 9.47 Å². The monoisotopic (exact) mass is 238 g/mol. The summed E-state index contributed by atoms with van der Waals surface area (Å²) < 4.78 is 10.5. The van der Waals surface area contributed by atoms with E-state index in [0.29, 0.717) is 23.5 Å². The standard InChI is InChI=1S/C13H18O4/c1-5-10(13(14)15)9-6-11(16-3)8(2)12(7-9)17-4/h6-7,10H,5H2,1-4H3,(H,14,15)/t10-/m1/s1. The van der Waals surface area contributed by atoms with Crippen LogP contribution in [0.15, 0.2) is 12.1 Å². The molecule has 0 heterocycles. The molecule has 0 aliphatic carbocycles. The Kier molecular flexibility index (Phi) is 4.37. The number of ether oxygens (including phenoxy) is 2. The Bertz CT molecular complexity index is 387. The SMILES string of the molecule is CC[C@@H](C(=O)O)c1cc(OC)c(C)c(OC)c1. The predicted molar refractivity (Wildman–Crippen MR) is 65.0 cm³/mol. The third-order valence-electron chi connectivity index (χ3n) is 2.88. The molecule has 0 unspecified atom stereocenters. The molecule has 0 bridgehead atoms. The molecule has 1 N–H and O–H groups in total. The van der Waals surface area contributed by atoms with Crippen molar-refractivity contribution in [2.45, 2.75) is 26.2 Å². The normalized spacial score (nSPS) is 12.0. The van der Waals surface area contributed by atoms with Crippen molar-refractivity contribution in [3.05, 3.63) is 23.3 Å². The minimum absolute atomic E-state index is 0.529. The average Bonchev–Trinajstić information content (AvgIpc) is 2.31. The van der Waals surface area contributed by atoms with Gasteiger partial charge in [-0.3, -0.25) is 4.79 Å². The maximum absolute atomic E-state index is 11.1. The van der Waals surface area contributed by atoms with E-state index >= 15 is 0 Å². The number of hydrogen-bond acceptors (Lipinski definition) is 3. The van der Waals surface area contributed by atoms with Crippen LogP contribution in [0.3, 0.4) is 0 Å². The molecule has 4 heteroatoms. The molecule has 1 rings (SSSR count). The van der Waals surface area contributed by atoms with E-state index in [9.17, 15) is 4.79 Å². The molecule has 0 saturated carbocycles. The number of aliphatic carboxylic acids is 1. The Morgan fingerprint density at radius 3 is 2.06 bits per heavy atom. The fraction of sp³-hybridized carbons (Fsp3) is 0.462. The van der Waals surface area contributed by atoms with E-state index in [1.54, 1.807) is 26.4 Å². The molecule has 0 aliphatic heterocycles. The number of carboxylic acids is 1. The number of benzene rings is 1. The van der Waals surface area contributed by atoms with E-state index in [1.807, 2.05) is 13.8 Å². The quantitative estimate of drug-likeness (QED) is 0.856. The second kappa shape index (κ2) is 5.57. The molecule has 1 atom stereocenters. The smallest absolute Gasteiger partial charge is 0.310 e. The zero-order valence-electron chi connectivity index (χ0n) is 10.6. The van der Waals surface area contributed by atoms with Gasteiger partial charge in [0.25, 0.3) is 0 Å². The van der Waals surface area contributed by atoms with Crippen LogP contribution in [0.5, 0.6) is 11.5 Å². The van der Waals surface area contributed by atoms with E-state index in [1.165, 1.54) is 0 Å². The van der Waals surface area contributed by atoms with Crippen LogP contribution >= 0.6 is 0 Å². The van der Waals surface area contributed by atoms with Crippen molar-refractivity contribution in [2.75, 3.05) is 14.2 Å². The minimum atomic E-state index is -0.833. The Labute approximate surface area is 101 Å². The highest BCUT2D eigenvalue weighted by Crippen LogP contribution is 2.33. The summed E-state index contributed by atoms with van der Waals surface area (Å²) >= 11 is 0. The average molecular weight is 238 g/mol. The first-order chi connectivity index (χ1) is 8.04. The van der Waals surface area contributed by atoms with Crippen LogP contribution in [0.4, 0.5) is 0 Å². The number of rotatable bonds is 5. The fourth-order valence-electron chi connectivity index (χ4n) is 1.86. The Morgan fingerprint density at radius 2 is 1.76 bits per heavy atom. The van der Waals surface area contributed by atoms with Gasteiger partial charge < -0.3 is 14.6 Å². The van der Waals surface area contributed by atoms with Gasteiger partial charge in [0.05, 0.1) is 20.1 Å². The molecular weight excluding hydrogens is 220 g/mol. The lowest BCUT2D eigenvalue weighted by atomic mass is 9.95. The lowest BCUT2D eigenvalue weighted by Crippen LogP contribution is -2.11. The highest BCUT2D eigenvalue weighted by molar-refractivity contribution is 5.76. The van der Waals surface area contributed by atoms with Crippen molar-refractivity contribution in [3.63, 3.8) is 0 Å². The molecule has 1 aromatic carbocycles. The van der Waals surface area contributed by atoms with Gasteiger partial charge in [0.2, 0.25) is 0 Å². The van der Waals surface area contributed by atoms with E-state index in [0.717, 1.165) is 5.56 Å². The molecule has 0 aromatic heterocycles. The van der Waals surface area contributed by atoms with Crippen molar-refractivity contribution in [3.8, 4) is 11.5 Å². The summed E-state index contributed by atoms with van der Waals surface area (Å²) in [5.41, 5.74) is 1.58. The molecule has 94 valence electrons. The minimum Gasteiger partial charge on any atom is -0.496 e. The summed E-state index contributed by atoms with van der Waals surface area (Å²) in [6, 6.07) is 3.53. The first-order valence-corrected chi connectivity index (χ1v) is 5.50. The van der Waals surface area contributed by atoms with E-state index < -0.39 is 11.9 Å². The largest absolute Gasteiger partial charge is 0.496 e. The van der Waals surface area contributed by atoms with Gasteiger partial charge in [-0.25, -0.2) is 0 Å². The van der Waals surface area contributed by atoms with Gasteiger partial charge in [-0.2, -0.15) is 0 Å². The van der Waals surface area contributed by atoms with Gasteiger partial charge in [-0.15, -0.1) is 0 Å². The van der Waals surface area contributed by atoms with Gasteiger partial charge in [0.15, 0.2) is 0 Å². The van der Waals surface area contributed by atoms with Gasteiger partial charge in [-0.05, 0) is 31.0 Å². The highest BCUT2D eigenvalue weighted by atomic mass is 16.5. The van der Waals surface area contributed by atoms with Crippen molar-refractivity contribution in [2.24, 2.45) is 0 Å². The third-order valence-corrected chi connectivity index (χ3v) is 2.88. The molecule has 1 aromatic rings. The van der Waals surface area contributed by atoms with Crippen molar-refractivity contribution in [1.29, 1.82) is 0 Å². The van der Waals surface area contributed by atoms with Crippen molar-refractivity contribution in [1.82, 2.24) is 0 Å². The molecule has 0 aliphatic rings. The summed E-state index contributed by atoms with van der Waals surface area (Å²) in [5, 5.41) is 9.14. The Balaban J connectivity index is 3.29. The van der Waals surface area contributed by atoms with Crippen molar-refractivity contribution >= 4 is 5.97 Å². The zero-order valence-corrected chi connectivity index (χ0v) is 10.6. The first kappa shape index (κ1) is 13.4. The van der Waals surface area contributed by atoms with Crippen LogP contribution in [-0.2, 0) is 4.79 Å². The maximum atomic E-state index is 11.1. The molecular formula is C13H18O4. The van der Waals surface area contributed by atoms with Crippen LogP contribution in [0, 0.1) is 6.92 Å². The van der Waals surface area contributed by atoms with Gasteiger partial charge in [0, 0.05) is 5.56 Å². The van der Waals surface area contributed by atoms with Crippen molar-refractivity contribution < 1.29 is 19.4 Å². The summed E-state index contributed by atoms with van der Waals surface area (Å²) in [5.74, 6) is -0.0584. The van der Waals surface area contributed by atoms with E-state index in [2.05, 4.69) is 0 Å². The van der Waals surface area contributed by atoms with Gasteiger partial charge in [-0.1, -0.05) is 6.92 Å². The number of carbonyl (C=O) groups is 1. The summed E-state index contributed by atoms with van der Waals surface area (Å²) in [6.07, 6.45) is 0.532. The molecule has 17 heavy (non-hydrogen) atoms. The fourth-order valence-corrected chi connectivity index (χ4v) is 1.86. The summed E-state index contributed by atoms with van der Waals surface area (Å²) in [7, 11) is 3.13. The number of carboxylic acid groups (broad SMARTS) is 1. The van der Waals surface area contributed by atoms with Crippen LogP contribution in [-0.4, -0.2) is 25.3 Å². The molecule has 0 fully saturated rings. The second-order valence-corrected chi connectivity index (χ2v) is 3.85. The number of hydrogen-bond donors (Lipinski definition) is 1. The summed E-state index contributed by atoms with van der Waals surface area (Å²) in [4.78, 5) is 11.1. The van der Waals surface area contributed by atoms with Crippen LogP contribution in [0.25, 0.3) is 0 Å². The van der Waals surface area contributed by atoms with Gasteiger partial charge >= 0.3 is 5.97 Å². The molecule has 0 amide bonds. The maximum Gasteiger partial charge on any atom is 0.310 e. The number of methoxy groups -OCH3 is 2. The molecule has 0 radical (unpaired) electrons. The Morgan fingerprint density at radius 1 is 1.29 bits per heavy atom. The first-order valence-electron chi connectivity index (χ1n) is 5.50. The highest BCUT2D eigenvalue weighted by Gasteiger charge is 2.20. The second-order valence-electron chi connectivity index (χ2n) is 3.85. The van der Waals surface area contributed by atoms with E-state index in [4.69, 9.17) is 14.6 Å². The lowest BCUT2D eigenvalue weighted by molar-refractivity contribution is -0.138. The third kappa shape index (κ3) is 2.70. The molecule has 4 nitrogen and oxygen atoms in total. The summed E-state index contributed by atoms with van der Waals surface area (Å²) in [6.45, 7) is 3.72. The topological polar surface area (TPSA) is 55.8 Å². The molecule has 0 saturated heterocycles. The molecule has 0 spiro atoms. The predicted octanol–water partition coefficient (Wildman–Crippen LogP) is 2.59. The van der Waals surface area contributed by atoms with Crippen LogP contribution in [0.1, 0.15) is 30.4 Å². The Hall–Kier alpha value is -1.71. The lowest BCUT2D eigenvalue weighted by Gasteiger charge is -2.16.